The van der Waals surface area contributed by atoms with Crippen LogP contribution < -0.4 is 9.64 Å². The Hall–Kier alpha value is -4.31. The number of benzene rings is 5. The first-order valence-corrected chi connectivity index (χ1v) is 10.8. The van der Waals surface area contributed by atoms with Gasteiger partial charge in [-0.25, -0.2) is 4.79 Å². The molecule has 4 heteroatoms. The van der Waals surface area contributed by atoms with Crippen LogP contribution in [0.5, 0.6) is 11.5 Å². The third kappa shape index (κ3) is 3.76. The first kappa shape index (κ1) is 20.6. The molecule has 33 heavy (non-hydrogen) atoms. The third-order valence-corrected chi connectivity index (χ3v) is 5.87. The lowest BCUT2D eigenvalue weighted by Crippen LogP contribution is -2.11. The Balaban J connectivity index is 1.68. The number of hydrogen-bond donors (Lipinski definition) is 1. The monoisotopic (exact) mass is 433 g/mol. The van der Waals surface area contributed by atoms with Crippen molar-refractivity contribution < 1.29 is 14.6 Å². The molecule has 0 bridgehead atoms. The number of phenols is 1. The molecule has 0 aromatic heterocycles. The smallest absolute Gasteiger partial charge is 0.343 e. The lowest BCUT2D eigenvalue weighted by molar-refractivity contribution is 0.0736. The van der Waals surface area contributed by atoms with E-state index < -0.39 is 5.97 Å². The number of fused-ring (bicyclic) bond motifs is 2. The Morgan fingerprint density at radius 2 is 1.27 bits per heavy atom. The number of phenolic OH excluding ortho intramolecular Hbond substituents is 1. The fourth-order valence-corrected chi connectivity index (χ4v) is 4.17. The van der Waals surface area contributed by atoms with E-state index >= 15 is 0 Å². The van der Waals surface area contributed by atoms with Gasteiger partial charge >= 0.3 is 5.97 Å². The van der Waals surface area contributed by atoms with E-state index in [1.54, 1.807) is 24.3 Å². The van der Waals surface area contributed by atoms with Crippen LogP contribution in [0.15, 0.2) is 97.1 Å². The molecular formula is C29H23NO3. The van der Waals surface area contributed by atoms with Gasteiger partial charge in [0, 0.05) is 30.9 Å². The maximum Gasteiger partial charge on any atom is 0.343 e. The van der Waals surface area contributed by atoms with Gasteiger partial charge in [-0.05, 0) is 57.9 Å². The summed E-state index contributed by atoms with van der Waals surface area (Å²) >= 11 is 0. The molecule has 0 atom stereocenters. The van der Waals surface area contributed by atoms with Crippen molar-refractivity contribution in [1.29, 1.82) is 0 Å². The maximum atomic E-state index is 13.1. The van der Waals surface area contributed by atoms with Crippen molar-refractivity contribution >= 4 is 33.2 Å². The minimum absolute atomic E-state index is 0.137. The SMILES string of the molecule is CN(C)c1ccc(C(=O)Oc2ccc3ccccc3c2-c2c(O)ccc3ccccc23)cc1. The van der Waals surface area contributed by atoms with Gasteiger partial charge in [0.1, 0.15) is 11.5 Å². The average Bonchev–Trinajstić information content (AvgIpc) is 2.84. The van der Waals surface area contributed by atoms with Crippen LogP contribution in [0, 0.1) is 0 Å². The molecule has 0 aliphatic heterocycles. The number of nitrogens with zero attached hydrogens (tertiary/aromatic N) is 1. The summed E-state index contributed by atoms with van der Waals surface area (Å²) in [7, 11) is 3.90. The van der Waals surface area contributed by atoms with Crippen molar-refractivity contribution in [2.45, 2.75) is 0 Å². The average molecular weight is 434 g/mol. The van der Waals surface area contributed by atoms with E-state index in [2.05, 4.69) is 0 Å². The largest absolute Gasteiger partial charge is 0.507 e. The van der Waals surface area contributed by atoms with Gasteiger partial charge in [0.2, 0.25) is 0 Å². The molecule has 0 aliphatic carbocycles. The molecule has 4 nitrogen and oxygen atoms in total. The minimum atomic E-state index is -0.448. The van der Waals surface area contributed by atoms with E-state index in [4.69, 9.17) is 4.74 Å². The van der Waals surface area contributed by atoms with E-state index in [1.807, 2.05) is 91.8 Å². The quantitative estimate of drug-likeness (QED) is 0.255. The molecule has 0 saturated carbocycles. The van der Waals surface area contributed by atoms with Crippen molar-refractivity contribution in [2.24, 2.45) is 0 Å². The molecule has 0 aliphatic rings. The van der Waals surface area contributed by atoms with Gasteiger partial charge in [-0.3, -0.25) is 0 Å². The molecule has 0 radical (unpaired) electrons. The lowest BCUT2D eigenvalue weighted by Gasteiger charge is -2.17. The van der Waals surface area contributed by atoms with Crippen molar-refractivity contribution in [2.75, 3.05) is 19.0 Å². The predicted octanol–water partition coefficient (Wildman–Crippen LogP) is 6.65. The molecule has 0 fully saturated rings. The van der Waals surface area contributed by atoms with E-state index in [0.29, 0.717) is 22.4 Å². The van der Waals surface area contributed by atoms with Gasteiger partial charge in [0.05, 0.1) is 5.56 Å². The van der Waals surface area contributed by atoms with Gasteiger partial charge < -0.3 is 14.7 Å². The molecule has 1 N–H and O–H groups in total. The van der Waals surface area contributed by atoms with Crippen LogP contribution in [-0.4, -0.2) is 25.2 Å². The number of esters is 1. The van der Waals surface area contributed by atoms with Crippen LogP contribution in [0.3, 0.4) is 0 Å². The number of carbonyl (C=O) groups excluding carboxylic acids is 1. The zero-order valence-corrected chi connectivity index (χ0v) is 18.4. The summed E-state index contributed by atoms with van der Waals surface area (Å²) in [4.78, 5) is 15.0. The van der Waals surface area contributed by atoms with E-state index in [9.17, 15) is 9.90 Å². The molecule has 0 spiro atoms. The summed E-state index contributed by atoms with van der Waals surface area (Å²) in [6, 6.07) is 30.4. The Labute approximate surface area is 192 Å². The van der Waals surface area contributed by atoms with Gasteiger partial charge in [-0.2, -0.15) is 0 Å². The molecule has 5 aromatic rings. The summed E-state index contributed by atoms with van der Waals surface area (Å²) in [6.45, 7) is 0. The van der Waals surface area contributed by atoms with Crippen molar-refractivity contribution in [1.82, 2.24) is 0 Å². The molecule has 5 aromatic carbocycles. The number of anilines is 1. The van der Waals surface area contributed by atoms with E-state index in [-0.39, 0.29) is 5.75 Å². The predicted molar refractivity (Wildman–Crippen MR) is 134 cm³/mol. The Morgan fingerprint density at radius 1 is 0.697 bits per heavy atom. The second kappa shape index (κ2) is 8.32. The summed E-state index contributed by atoms with van der Waals surface area (Å²) < 4.78 is 5.93. The topological polar surface area (TPSA) is 49.8 Å². The minimum Gasteiger partial charge on any atom is -0.507 e. The molecule has 5 rings (SSSR count). The zero-order chi connectivity index (χ0) is 22.9. The number of ether oxygens (including phenoxy) is 1. The molecule has 0 unspecified atom stereocenters. The van der Waals surface area contributed by atoms with Crippen LogP contribution in [0.25, 0.3) is 32.7 Å². The van der Waals surface area contributed by atoms with Crippen LogP contribution in [0.4, 0.5) is 5.69 Å². The van der Waals surface area contributed by atoms with Crippen LogP contribution in [0.2, 0.25) is 0 Å². The number of carbonyl (C=O) groups is 1. The fraction of sp³-hybridized carbons (Fsp3) is 0.0690. The first-order chi connectivity index (χ1) is 16.0. The van der Waals surface area contributed by atoms with Crippen LogP contribution in [-0.2, 0) is 0 Å². The number of hydrogen-bond acceptors (Lipinski definition) is 4. The van der Waals surface area contributed by atoms with E-state index in [1.165, 1.54) is 0 Å². The van der Waals surface area contributed by atoms with Gasteiger partial charge in [-0.15, -0.1) is 0 Å². The summed E-state index contributed by atoms with van der Waals surface area (Å²) in [5.41, 5.74) is 2.80. The lowest BCUT2D eigenvalue weighted by atomic mass is 9.92. The Bertz CT molecular complexity index is 1490. The normalized spacial score (nSPS) is 11.0. The summed E-state index contributed by atoms with van der Waals surface area (Å²) in [5.74, 6) is 0.0938. The van der Waals surface area contributed by atoms with Crippen molar-refractivity contribution in [3.63, 3.8) is 0 Å². The zero-order valence-electron chi connectivity index (χ0n) is 18.4. The molecule has 0 saturated heterocycles. The Kier molecular flexibility index (Phi) is 5.19. The van der Waals surface area contributed by atoms with E-state index in [0.717, 1.165) is 27.2 Å². The second-order valence-electron chi connectivity index (χ2n) is 8.17. The molecule has 0 amide bonds. The molecule has 162 valence electrons. The van der Waals surface area contributed by atoms with Gasteiger partial charge in [-0.1, -0.05) is 60.7 Å². The number of rotatable bonds is 4. The fourth-order valence-electron chi connectivity index (χ4n) is 4.17. The van der Waals surface area contributed by atoms with Crippen LogP contribution >= 0.6 is 0 Å². The van der Waals surface area contributed by atoms with Gasteiger partial charge in [0.25, 0.3) is 0 Å². The summed E-state index contributed by atoms with van der Waals surface area (Å²) in [6.07, 6.45) is 0. The van der Waals surface area contributed by atoms with Crippen molar-refractivity contribution in [3.8, 4) is 22.6 Å². The second-order valence-corrected chi connectivity index (χ2v) is 8.17. The highest BCUT2D eigenvalue weighted by molar-refractivity contribution is 6.10. The molecular weight excluding hydrogens is 410 g/mol. The van der Waals surface area contributed by atoms with Gasteiger partial charge in [0.15, 0.2) is 0 Å². The van der Waals surface area contributed by atoms with Crippen molar-refractivity contribution in [3.05, 3.63) is 103 Å². The summed E-state index contributed by atoms with van der Waals surface area (Å²) in [5, 5.41) is 14.7. The maximum absolute atomic E-state index is 13.1. The standard InChI is InChI=1S/C29H23NO3/c1-30(2)22-15-11-21(12-16-22)29(32)33-26-18-14-20-8-4-6-10-24(20)28(26)27-23-9-5-3-7-19(23)13-17-25(27)31/h3-18,31H,1-2H3. The highest BCUT2D eigenvalue weighted by Gasteiger charge is 2.20. The third-order valence-electron chi connectivity index (χ3n) is 5.87. The molecule has 0 heterocycles. The Morgan fingerprint density at radius 3 is 1.91 bits per heavy atom. The first-order valence-electron chi connectivity index (χ1n) is 10.8. The van der Waals surface area contributed by atoms with Crippen LogP contribution in [0.1, 0.15) is 10.4 Å². The highest BCUT2D eigenvalue weighted by atomic mass is 16.5. The highest BCUT2D eigenvalue weighted by Crippen LogP contribution is 2.45. The number of aromatic hydroxyl groups is 1.